The molecule has 21 heavy (non-hydrogen) atoms. The topological polar surface area (TPSA) is 21.3 Å². The average molecular weight is 300 g/mol. The molecule has 0 atom stereocenters. The van der Waals surface area contributed by atoms with E-state index in [9.17, 15) is 0 Å². The minimum Gasteiger partial charge on any atom is -0.497 e. The van der Waals surface area contributed by atoms with Gasteiger partial charge in [-0.3, -0.25) is 0 Å². The monoisotopic (exact) mass is 299 g/mol. The Bertz CT molecular complexity index is 702. The van der Waals surface area contributed by atoms with E-state index in [-0.39, 0.29) is 5.54 Å². The van der Waals surface area contributed by atoms with E-state index in [0.29, 0.717) is 0 Å². The van der Waals surface area contributed by atoms with Gasteiger partial charge in [0.2, 0.25) is 0 Å². The van der Waals surface area contributed by atoms with Crippen LogP contribution in [0.15, 0.2) is 48.5 Å². The Kier molecular flexibility index (Phi) is 3.42. The summed E-state index contributed by atoms with van der Waals surface area (Å²) in [5, 5.41) is 4.29. The lowest BCUT2D eigenvalue weighted by Gasteiger charge is -2.32. The number of methoxy groups -OCH3 is 1. The van der Waals surface area contributed by atoms with Crippen molar-refractivity contribution in [3.63, 3.8) is 0 Å². The summed E-state index contributed by atoms with van der Waals surface area (Å²) >= 11 is 6.00. The van der Waals surface area contributed by atoms with Crippen LogP contribution in [-0.2, 0) is 0 Å². The number of nitrogens with one attached hydrogen (secondary N) is 1. The maximum atomic E-state index is 6.00. The summed E-state index contributed by atoms with van der Waals surface area (Å²) in [6.45, 7) is 4.32. The molecular formula is C18H18ClNO. The third kappa shape index (κ3) is 2.77. The largest absolute Gasteiger partial charge is 0.497 e. The summed E-state index contributed by atoms with van der Waals surface area (Å²) in [4.78, 5) is 0. The first-order valence-corrected chi connectivity index (χ1v) is 7.32. The number of hydrogen-bond donors (Lipinski definition) is 1. The van der Waals surface area contributed by atoms with Crippen molar-refractivity contribution in [2.24, 2.45) is 0 Å². The van der Waals surface area contributed by atoms with Gasteiger partial charge >= 0.3 is 0 Å². The lowest BCUT2D eigenvalue weighted by Crippen LogP contribution is -2.31. The molecule has 0 bridgehead atoms. The molecule has 3 heteroatoms. The molecule has 0 saturated heterocycles. The number of hydrogen-bond acceptors (Lipinski definition) is 2. The van der Waals surface area contributed by atoms with Gasteiger partial charge in [0.15, 0.2) is 0 Å². The Morgan fingerprint density at radius 3 is 2.43 bits per heavy atom. The molecule has 0 radical (unpaired) electrons. The molecular weight excluding hydrogens is 282 g/mol. The normalized spacial score (nSPS) is 15.7. The lowest BCUT2D eigenvalue weighted by atomic mass is 9.87. The molecule has 0 aliphatic carbocycles. The average Bonchev–Trinajstić information content (AvgIpc) is 2.45. The third-order valence-corrected chi connectivity index (χ3v) is 3.89. The van der Waals surface area contributed by atoms with Gasteiger partial charge in [-0.1, -0.05) is 29.8 Å². The lowest BCUT2D eigenvalue weighted by molar-refractivity contribution is 0.415. The van der Waals surface area contributed by atoms with Gasteiger partial charge in [0.25, 0.3) is 0 Å². The molecule has 1 heterocycles. The van der Waals surface area contributed by atoms with Crippen molar-refractivity contribution in [3.05, 3.63) is 64.7 Å². The summed E-state index contributed by atoms with van der Waals surface area (Å²) < 4.78 is 5.33. The molecule has 1 aliphatic heterocycles. The second kappa shape index (κ2) is 5.12. The minimum atomic E-state index is -0.117. The summed E-state index contributed by atoms with van der Waals surface area (Å²) in [6, 6.07) is 14.1. The number of halogens is 1. The molecule has 0 aromatic heterocycles. The van der Waals surface area contributed by atoms with Crippen molar-refractivity contribution >= 4 is 22.9 Å². The van der Waals surface area contributed by atoms with Crippen molar-refractivity contribution in [2.75, 3.05) is 12.4 Å². The number of anilines is 1. The highest BCUT2D eigenvalue weighted by Crippen LogP contribution is 2.39. The molecule has 0 fully saturated rings. The number of benzene rings is 2. The molecule has 3 rings (SSSR count). The predicted molar refractivity (Wildman–Crippen MR) is 89.2 cm³/mol. The first-order valence-electron chi connectivity index (χ1n) is 6.94. The summed E-state index contributed by atoms with van der Waals surface area (Å²) in [6.07, 6.45) is 2.26. The van der Waals surface area contributed by atoms with Crippen molar-refractivity contribution in [2.45, 2.75) is 19.4 Å². The molecule has 0 unspecified atom stereocenters. The second-order valence-electron chi connectivity index (χ2n) is 5.82. The van der Waals surface area contributed by atoms with Gasteiger partial charge in [0.1, 0.15) is 5.75 Å². The van der Waals surface area contributed by atoms with Crippen molar-refractivity contribution in [1.82, 2.24) is 0 Å². The Hall–Kier alpha value is -1.93. The first-order chi connectivity index (χ1) is 9.98. The van der Waals surface area contributed by atoms with Gasteiger partial charge in [-0.15, -0.1) is 0 Å². The van der Waals surface area contributed by atoms with Crippen LogP contribution in [-0.4, -0.2) is 12.6 Å². The minimum absolute atomic E-state index is 0.117. The standard InChI is InChI=1S/C18H18ClNO/c1-18(2)11-16(12-4-6-13(19)7-5-12)15-9-8-14(21-3)10-17(15)20-18/h4-11,20H,1-3H3. The van der Waals surface area contributed by atoms with Crippen LogP contribution in [0.1, 0.15) is 25.0 Å². The third-order valence-electron chi connectivity index (χ3n) is 3.63. The van der Waals surface area contributed by atoms with E-state index < -0.39 is 0 Å². The van der Waals surface area contributed by atoms with Gasteiger partial charge in [0.05, 0.1) is 12.6 Å². The van der Waals surface area contributed by atoms with E-state index in [4.69, 9.17) is 16.3 Å². The van der Waals surface area contributed by atoms with Crippen LogP contribution in [0.3, 0.4) is 0 Å². The SMILES string of the molecule is COc1ccc2c(c1)NC(C)(C)C=C2c1ccc(Cl)cc1. The van der Waals surface area contributed by atoms with Crippen LogP contribution >= 0.6 is 11.6 Å². The number of ether oxygens (including phenoxy) is 1. The molecule has 2 aromatic rings. The number of fused-ring (bicyclic) bond motifs is 1. The van der Waals surface area contributed by atoms with Crippen LogP contribution in [0.25, 0.3) is 5.57 Å². The van der Waals surface area contributed by atoms with Crippen LogP contribution < -0.4 is 10.1 Å². The zero-order valence-corrected chi connectivity index (χ0v) is 13.2. The molecule has 108 valence electrons. The van der Waals surface area contributed by atoms with Crippen molar-refractivity contribution < 1.29 is 4.74 Å². The van der Waals surface area contributed by atoms with E-state index in [0.717, 1.165) is 16.5 Å². The Balaban J connectivity index is 2.15. The maximum Gasteiger partial charge on any atom is 0.120 e. The summed E-state index contributed by atoms with van der Waals surface area (Å²) in [5.74, 6) is 0.856. The Morgan fingerprint density at radius 2 is 1.76 bits per heavy atom. The zero-order chi connectivity index (χ0) is 15.0. The highest BCUT2D eigenvalue weighted by atomic mass is 35.5. The van der Waals surface area contributed by atoms with Gasteiger partial charge < -0.3 is 10.1 Å². The van der Waals surface area contributed by atoms with Crippen LogP contribution in [0.2, 0.25) is 5.02 Å². The maximum absolute atomic E-state index is 6.00. The molecule has 0 saturated carbocycles. The van der Waals surface area contributed by atoms with Crippen LogP contribution in [0.5, 0.6) is 5.75 Å². The predicted octanol–water partition coefficient (Wildman–Crippen LogP) is 4.98. The highest BCUT2D eigenvalue weighted by molar-refractivity contribution is 6.30. The molecule has 2 aromatic carbocycles. The molecule has 0 amide bonds. The van der Waals surface area contributed by atoms with E-state index in [1.54, 1.807) is 7.11 Å². The van der Waals surface area contributed by atoms with Gasteiger partial charge in [-0.2, -0.15) is 0 Å². The van der Waals surface area contributed by atoms with Crippen LogP contribution in [0.4, 0.5) is 5.69 Å². The van der Waals surface area contributed by atoms with E-state index in [2.05, 4.69) is 43.4 Å². The number of rotatable bonds is 2. The summed E-state index contributed by atoms with van der Waals surface area (Å²) in [7, 11) is 1.69. The molecule has 1 aliphatic rings. The fourth-order valence-electron chi connectivity index (χ4n) is 2.68. The van der Waals surface area contributed by atoms with Gasteiger partial charge in [-0.05, 0) is 49.2 Å². The molecule has 2 nitrogen and oxygen atoms in total. The van der Waals surface area contributed by atoms with Gasteiger partial charge in [0, 0.05) is 22.3 Å². The van der Waals surface area contributed by atoms with E-state index >= 15 is 0 Å². The van der Waals surface area contributed by atoms with Crippen molar-refractivity contribution in [1.29, 1.82) is 0 Å². The quantitative estimate of drug-likeness (QED) is 0.844. The molecule has 0 spiro atoms. The van der Waals surface area contributed by atoms with Gasteiger partial charge in [-0.25, -0.2) is 0 Å². The first kappa shape index (κ1) is 14.0. The molecule has 1 N–H and O–H groups in total. The van der Waals surface area contributed by atoms with E-state index in [1.807, 2.05) is 24.3 Å². The highest BCUT2D eigenvalue weighted by Gasteiger charge is 2.25. The smallest absolute Gasteiger partial charge is 0.120 e. The fourth-order valence-corrected chi connectivity index (χ4v) is 2.80. The Morgan fingerprint density at radius 1 is 1.05 bits per heavy atom. The van der Waals surface area contributed by atoms with Crippen molar-refractivity contribution in [3.8, 4) is 5.75 Å². The second-order valence-corrected chi connectivity index (χ2v) is 6.26. The summed E-state index contributed by atoms with van der Waals surface area (Å²) in [5.41, 5.74) is 4.53. The van der Waals surface area contributed by atoms with E-state index in [1.165, 1.54) is 16.7 Å². The fraction of sp³-hybridized carbons (Fsp3) is 0.222. The van der Waals surface area contributed by atoms with Crippen LogP contribution in [0, 0.1) is 0 Å². The zero-order valence-electron chi connectivity index (χ0n) is 12.4. The Labute approximate surface area is 130 Å².